The molecule has 0 bridgehead atoms. The molecule has 1 aromatic carbocycles. The largest absolute Gasteiger partial charge is 0.497 e. The zero-order valence-corrected chi connectivity index (χ0v) is 12.2. The van der Waals surface area contributed by atoms with E-state index < -0.39 is 0 Å². The van der Waals surface area contributed by atoms with E-state index in [1.165, 1.54) is 5.56 Å². The molecule has 0 amide bonds. The third-order valence-electron chi connectivity index (χ3n) is 2.99. The van der Waals surface area contributed by atoms with Crippen molar-refractivity contribution in [1.82, 2.24) is 5.32 Å². The molecule has 0 saturated heterocycles. The highest BCUT2D eigenvalue weighted by Gasteiger charge is 2.21. The fourth-order valence-electron chi connectivity index (χ4n) is 1.84. The Morgan fingerprint density at radius 3 is 2.74 bits per heavy atom. The van der Waals surface area contributed by atoms with Crippen molar-refractivity contribution < 1.29 is 14.3 Å². The van der Waals surface area contributed by atoms with E-state index in [0.29, 0.717) is 13.2 Å². The number of ether oxygens (including phenoxy) is 2. The number of hydrogen-bond acceptors (Lipinski definition) is 4. The van der Waals surface area contributed by atoms with Crippen LogP contribution in [0.25, 0.3) is 0 Å². The maximum absolute atomic E-state index is 11.3. The molecule has 1 rings (SSSR count). The fourth-order valence-corrected chi connectivity index (χ4v) is 1.84. The summed E-state index contributed by atoms with van der Waals surface area (Å²) >= 11 is 0. The van der Waals surface area contributed by atoms with Crippen molar-refractivity contribution in [2.75, 3.05) is 26.8 Å². The first-order chi connectivity index (χ1) is 8.99. The number of benzene rings is 1. The third-order valence-corrected chi connectivity index (χ3v) is 2.99. The molecule has 0 aliphatic rings. The number of methoxy groups -OCH3 is 1. The van der Waals surface area contributed by atoms with Crippen LogP contribution in [-0.4, -0.2) is 32.8 Å². The summed E-state index contributed by atoms with van der Waals surface area (Å²) in [5, 5.41) is 3.13. The monoisotopic (exact) mass is 265 g/mol. The lowest BCUT2D eigenvalue weighted by Gasteiger charge is -2.26. The highest BCUT2D eigenvalue weighted by molar-refractivity contribution is 5.71. The molecule has 0 fully saturated rings. The molecule has 1 N–H and O–H groups in total. The molecule has 4 heteroatoms. The number of hydrogen-bond donors (Lipinski definition) is 1. The van der Waals surface area contributed by atoms with E-state index in [0.717, 1.165) is 5.75 Å². The van der Waals surface area contributed by atoms with Crippen molar-refractivity contribution in [3.8, 4) is 5.75 Å². The second-order valence-electron chi connectivity index (χ2n) is 5.02. The van der Waals surface area contributed by atoms with Crippen LogP contribution in [0.1, 0.15) is 26.3 Å². The maximum atomic E-state index is 11.3. The standard InChI is InChI=1S/C15H23NO3/c1-5-19-14(17)10-16-11-15(2,3)12-7-6-8-13(9-12)18-4/h6-9,16H,5,10-11H2,1-4H3. The Bertz CT molecular complexity index is 416. The Morgan fingerprint density at radius 2 is 2.11 bits per heavy atom. The second-order valence-corrected chi connectivity index (χ2v) is 5.02. The van der Waals surface area contributed by atoms with Crippen molar-refractivity contribution in [2.24, 2.45) is 0 Å². The normalized spacial score (nSPS) is 11.2. The summed E-state index contributed by atoms with van der Waals surface area (Å²) in [5.41, 5.74) is 1.09. The number of carbonyl (C=O) groups excluding carboxylic acids is 1. The minimum Gasteiger partial charge on any atom is -0.497 e. The van der Waals surface area contributed by atoms with Crippen LogP contribution in [0, 0.1) is 0 Å². The first-order valence-corrected chi connectivity index (χ1v) is 6.50. The van der Waals surface area contributed by atoms with Crippen molar-refractivity contribution in [3.63, 3.8) is 0 Å². The maximum Gasteiger partial charge on any atom is 0.319 e. The number of carbonyl (C=O) groups is 1. The lowest BCUT2D eigenvalue weighted by atomic mass is 9.84. The molecule has 0 spiro atoms. The lowest BCUT2D eigenvalue weighted by Crippen LogP contribution is -2.36. The van der Waals surface area contributed by atoms with Crippen molar-refractivity contribution in [1.29, 1.82) is 0 Å². The summed E-state index contributed by atoms with van der Waals surface area (Å²) in [6.07, 6.45) is 0. The van der Waals surface area contributed by atoms with Crippen LogP contribution in [-0.2, 0) is 14.9 Å². The van der Waals surface area contributed by atoms with Gasteiger partial charge in [-0.05, 0) is 24.6 Å². The average molecular weight is 265 g/mol. The van der Waals surface area contributed by atoms with E-state index in [9.17, 15) is 4.79 Å². The van der Waals surface area contributed by atoms with E-state index in [2.05, 4.69) is 25.2 Å². The van der Waals surface area contributed by atoms with Crippen molar-refractivity contribution >= 4 is 5.97 Å². The van der Waals surface area contributed by atoms with Gasteiger partial charge in [-0.1, -0.05) is 26.0 Å². The number of nitrogens with one attached hydrogen (secondary N) is 1. The predicted molar refractivity (Wildman–Crippen MR) is 75.5 cm³/mol. The molecule has 1 aromatic rings. The van der Waals surface area contributed by atoms with E-state index in [1.54, 1.807) is 14.0 Å². The van der Waals surface area contributed by atoms with Crippen LogP contribution < -0.4 is 10.1 Å². The van der Waals surface area contributed by atoms with Crippen LogP contribution >= 0.6 is 0 Å². The third kappa shape index (κ3) is 4.91. The van der Waals surface area contributed by atoms with Gasteiger partial charge in [-0.15, -0.1) is 0 Å². The van der Waals surface area contributed by atoms with Gasteiger partial charge in [-0.25, -0.2) is 0 Å². The van der Waals surface area contributed by atoms with Gasteiger partial charge in [0.05, 0.1) is 20.3 Å². The minimum atomic E-state index is -0.219. The van der Waals surface area contributed by atoms with Gasteiger partial charge in [-0.3, -0.25) is 4.79 Å². The van der Waals surface area contributed by atoms with Gasteiger partial charge in [0.15, 0.2) is 0 Å². The van der Waals surface area contributed by atoms with Crippen LogP contribution in [0.5, 0.6) is 5.75 Å². The highest BCUT2D eigenvalue weighted by Crippen LogP contribution is 2.25. The smallest absolute Gasteiger partial charge is 0.319 e. The summed E-state index contributed by atoms with van der Waals surface area (Å²) in [7, 11) is 1.66. The van der Waals surface area contributed by atoms with Crippen molar-refractivity contribution in [3.05, 3.63) is 29.8 Å². The first kappa shape index (κ1) is 15.5. The summed E-state index contributed by atoms with van der Waals surface area (Å²) in [6.45, 7) is 7.40. The molecule has 0 atom stereocenters. The molecule has 0 aromatic heterocycles. The van der Waals surface area contributed by atoms with Crippen LogP contribution in [0.4, 0.5) is 0 Å². The molecular weight excluding hydrogens is 242 g/mol. The van der Waals surface area contributed by atoms with E-state index in [1.807, 2.05) is 18.2 Å². The molecule has 4 nitrogen and oxygen atoms in total. The van der Waals surface area contributed by atoms with Gasteiger partial charge in [0.25, 0.3) is 0 Å². The summed E-state index contributed by atoms with van der Waals surface area (Å²) in [6, 6.07) is 7.98. The second kappa shape index (κ2) is 7.14. The van der Waals surface area contributed by atoms with E-state index in [-0.39, 0.29) is 17.9 Å². The zero-order chi connectivity index (χ0) is 14.3. The molecule has 0 saturated carbocycles. The predicted octanol–water partition coefficient (Wildman–Crippen LogP) is 2.13. The SMILES string of the molecule is CCOC(=O)CNCC(C)(C)c1cccc(OC)c1. The number of rotatable bonds is 7. The van der Waals surface area contributed by atoms with Gasteiger partial charge in [-0.2, -0.15) is 0 Å². The lowest BCUT2D eigenvalue weighted by molar-refractivity contribution is -0.142. The first-order valence-electron chi connectivity index (χ1n) is 6.50. The Labute approximate surface area is 115 Å². The molecule has 0 unspecified atom stereocenters. The number of esters is 1. The molecule has 0 aliphatic carbocycles. The average Bonchev–Trinajstić information content (AvgIpc) is 2.39. The highest BCUT2D eigenvalue weighted by atomic mass is 16.5. The minimum absolute atomic E-state index is 0.0823. The Hall–Kier alpha value is -1.55. The molecular formula is C15H23NO3. The van der Waals surface area contributed by atoms with Gasteiger partial charge in [0.2, 0.25) is 0 Å². The summed E-state index contributed by atoms with van der Waals surface area (Å²) in [4.78, 5) is 11.3. The summed E-state index contributed by atoms with van der Waals surface area (Å²) < 4.78 is 10.1. The molecule has 19 heavy (non-hydrogen) atoms. The van der Waals surface area contributed by atoms with Gasteiger partial charge in [0.1, 0.15) is 5.75 Å². The molecule has 106 valence electrons. The van der Waals surface area contributed by atoms with Gasteiger partial charge < -0.3 is 14.8 Å². The summed E-state index contributed by atoms with van der Waals surface area (Å²) in [5.74, 6) is 0.625. The van der Waals surface area contributed by atoms with Crippen LogP contribution in [0.3, 0.4) is 0 Å². The Morgan fingerprint density at radius 1 is 1.37 bits per heavy atom. The fraction of sp³-hybridized carbons (Fsp3) is 0.533. The van der Waals surface area contributed by atoms with Crippen LogP contribution in [0.2, 0.25) is 0 Å². The topological polar surface area (TPSA) is 47.6 Å². The Balaban J connectivity index is 2.57. The molecule has 0 heterocycles. The Kier molecular flexibility index (Phi) is 5.83. The molecule has 0 radical (unpaired) electrons. The van der Waals surface area contributed by atoms with Crippen molar-refractivity contribution in [2.45, 2.75) is 26.2 Å². The zero-order valence-electron chi connectivity index (χ0n) is 12.2. The van der Waals surface area contributed by atoms with Crippen LogP contribution in [0.15, 0.2) is 24.3 Å². The quantitative estimate of drug-likeness (QED) is 0.767. The van der Waals surface area contributed by atoms with Gasteiger partial charge in [0, 0.05) is 12.0 Å². The van der Waals surface area contributed by atoms with Gasteiger partial charge >= 0.3 is 5.97 Å². The molecule has 0 aliphatic heterocycles. The van der Waals surface area contributed by atoms with E-state index in [4.69, 9.17) is 9.47 Å². The van der Waals surface area contributed by atoms with E-state index >= 15 is 0 Å².